The van der Waals surface area contributed by atoms with E-state index >= 15 is 0 Å². The van der Waals surface area contributed by atoms with Crippen molar-refractivity contribution in [2.75, 3.05) is 14.1 Å². The van der Waals surface area contributed by atoms with E-state index in [9.17, 15) is 9.59 Å². The summed E-state index contributed by atoms with van der Waals surface area (Å²) in [6.45, 7) is 1.67. The van der Waals surface area contributed by atoms with E-state index in [1.54, 1.807) is 27.2 Å². The van der Waals surface area contributed by atoms with Crippen molar-refractivity contribution in [1.29, 1.82) is 0 Å². The van der Waals surface area contributed by atoms with Crippen LogP contribution in [0, 0.1) is 6.92 Å². The van der Waals surface area contributed by atoms with Gasteiger partial charge in [0.2, 0.25) is 0 Å². The van der Waals surface area contributed by atoms with Crippen molar-refractivity contribution in [3.8, 4) is 0 Å². The molecule has 0 unspecified atom stereocenters. The van der Waals surface area contributed by atoms with E-state index in [0.29, 0.717) is 5.56 Å². The van der Waals surface area contributed by atoms with Gasteiger partial charge in [-0.1, -0.05) is 0 Å². The molecular weight excluding hydrogens is 168 g/mol. The third kappa shape index (κ3) is 1.77. The minimum atomic E-state index is -0.273. The minimum Gasteiger partial charge on any atom is -0.366 e. The van der Waals surface area contributed by atoms with Gasteiger partial charge in [-0.2, -0.15) is 0 Å². The van der Waals surface area contributed by atoms with E-state index in [1.165, 1.54) is 11.1 Å². The van der Waals surface area contributed by atoms with Crippen LogP contribution in [-0.2, 0) is 0 Å². The molecule has 0 aliphatic heterocycles. The van der Waals surface area contributed by atoms with Gasteiger partial charge in [-0.25, -0.2) is 0 Å². The Balaban J connectivity index is 3.24. The highest BCUT2D eigenvalue weighted by atomic mass is 16.2. The topological polar surface area (TPSA) is 53.2 Å². The fourth-order valence-corrected chi connectivity index (χ4v) is 0.993. The van der Waals surface area contributed by atoms with Crippen LogP contribution in [0.5, 0.6) is 0 Å². The number of rotatable bonds is 1. The van der Waals surface area contributed by atoms with E-state index in [2.05, 4.69) is 4.98 Å². The van der Waals surface area contributed by atoms with E-state index < -0.39 is 0 Å². The molecule has 0 aliphatic carbocycles. The normalized spacial score (nSPS) is 9.77. The molecule has 0 atom stereocenters. The summed E-state index contributed by atoms with van der Waals surface area (Å²) in [6, 6.07) is 0. The first-order valence-corrected chi connectivity index (χ1v) is 3.93. The Bertz CT molecular complexity index is 379. The van der Waals surface area contributed by atoms with Crippen LogP contribution in [0.2, 0.25) is 0 Å². The van der Waals surface area contributed by atoms with Crippen LogP contribution in [0.15, 0.2) is 17.2 Å². The van der Waals surface area contributed by atoms with Crippen LogP contribution in [0.3, 0.4) is 0 Å². The number of aryl methyl sites for hydroxylation is 1. The molecule has 1 amide bonds. The number of hydrogen-bond donors (Lipinski definition) is 1. The zero-order valence-electron chi connectivity index (χ0n) is 7.92. The number of aromatic amines is 1. The van der Waals surface area contributed by atoms with E-state index in [1.807, 2.05) is 0 Å². The average Bonchev–Trinajstić information content (AvgIpc) is 2.08. The molecule has 0 aliphatic rings. The van der Waals surface area contributed by atoms with Crippen LogP contribution in [-0.4, -0.2) is 29.9 Å². The number of hydrogen-bond acceptors (Lipinski definition) is 2. The molecular formula is C9H12N2O2. The SMILES string of the molecule is Cc1c[nH]cc(C(=O)N(C)C)c1=O. The average molecular weight is 180 g/mol. The number of carbonyl (C=O) groups is 1. The van der Waals surface area contributed by atoms with Gasteiger partial charge in [0.25, 0.3) is 5.91 Å². The molecule has 4 heteroatoms. The van der Waals surface area contributed by atoms with Gasteiger partial charge >= 0.3 is 0 Å². The Hall–Kier alpha value is -1.58. The fraction of sp³-hybridized carbons (Fsp3) is 0.333. The van der Waals surface area contributed by atoms with E-state index in [0.717, 1.165) is 0 Å². The molecule has 1 aromatic heterocycles. The quantitative estimate of drug-likeness (QED) is 0.679. The number of amides is 1. The molecule has 0 fully saturated rings. The predicted molar refractivity (Wildman–Crippen MR) is 49.8 cm³/mol. The number of pyridine rings is 1. The van der Waals surface area contributed by atoms with Gasteiger partial charge in [-0.3, -0.25) is 9.59 Å². The maximum atomic E-state index is 11.4. The number of nitrogens with one attached hydrogen (secondary N) is 1. The Morgan fingerprint density at radius 3 is 2.54 bits per heavy atom. The van der Waals surface area contributed by atoms with Gasteiger partial charge in [-0.05, 0) is 6.92 Å². The third-order valence-electron chi connectivity index (χ3n) is 1.77. The van der Waals surface area contributed by atoms with E-state index in [-0.39, 0.29) is 16.9 Å². The molecule has 13 heavy (non-hydrogen) atoms. The Morgan fingerprint density at radius 1 is 1.38 bits per heavy atom. The first kappa shape index (κ1) is 9.51. The Labute approximate surface area is 76.2 Å². The van der Waals surface area contributed by atoms with Gasteiger partial charge < -0.3 is 9.88 Å². The molecule has 0 bridgehead atoms. The van der Waals surface area contributed by atoms with Crippen molar-refractivity contribution in [1.82, 2.24) is 9.88 Å². The van der Waals surface area contributed by atoms with Gasteiger partial charge in [0.05, 0.1) is 0 Å². The van der Waals surface area contributed by atoms with Gasteiger partial charge in [0.15, 0.2) is 5.43 Å². The maximum Gasteiger partial charge on any atom is 0.258 e. The van der Waals surface area contributed by atoms with Crippen LogP contribution in [0.1, 0.15) is 15.9 Å². The number of carbonyl (C=O) groups excluding carboxylic acids is 1. The van der Waals surface area contributed by atoms with Gasteiger partial charge in [0.1, 0.15) is 5.56 Å². The summed E-state index contributed by atoms with van der Waals surface area (Å²) in [5.41, 5.74) is 0.523. The molecule has 0 spiro atoms. The summed E-state index contributed by atoms with van der Waals surface area (Å²) < 4.78 is 0. The monoisotopic (exact) mass is 180 g/mol. The summed E-state index contributed by atoms with van der Waals surface area (Å²) >= 11 is 0. The Morgan fingerprint density at radius 2 is 2.00 bits per heavy atom. The molecule has 0 radical (unpaired) electrons. The lowest BCUT2D eigenvalue weighted by atomic mass is 10.2. The highest BCUT2D eigenvalue weighted by Gasteiger charge is 2.12. The van der Waals surface area contributed by atoms with Crippen molar-refractivity contribution in [2.45, 2.75) is 6.92 Å². The van der Waals surface area contributed by atoms with Crippen LogP contribution >= 0.6 is 0 Å². The van der Waals surface area contributed by atoms with Crippen LogP contribution in [0.4, 0.5) is 0 Å². The summed E-state index contributed by atoms with van der Waals surface area (Å²) in [5, 5.41) is 0. The fourth-order valence-electron chi connectivity index (χ4n) is 0.993. The van der Waals surface area contributed by atoms with Gasteiger partial charge in [-0.15, -0.1) is 0 Å². The van der Waals surface area contributed by atoms with Crippen LogP contribution in [0.25, 0.3) is 0 Å². The number of H-pyrrole nitrogens is 1. The smallest absolute Gasteiger partial charge is 0.258 e. The predicted octanol–water partition coefficient (Wildman–Crippen LogP) is 0.385. The second-order valence-corrected chi connectivity index (χ2v) is 3.08. The summed E-state index contributed by atoms with van der Waals surface area (Å²) in [7, 11) is 3.23. The number of aromatic nitrogens is 1. The summed E-state index contributed by atoms with van der Waals surface area (Å²) in [4.78, 5) is 27.0. The van der Waals surface area contributed by atoms with Crippen molar-refractivity contribution in [2.24, 2.45) is 0 Å². The molecule has 0 aromatic carbocycles. The van der Waals surface area contributed by atoms with Crippen molar-refractivity contribution < 1.29 is 4.79 Å². The largest absolute Gasteiger partial charge is 0.366 e. The molecule has 1 N–H and O–H groups in total. The van der Waals surface area contributed by atoms with Gasteiger partial charge in [0, 0.05) is 32.1 Å². The highest BCUT2D eigenvalue weighted by molar-refractivity contribution is 5.93. The first-order chi connectivity index (χ1) is 6.04. The standard InChI is InChI=1S/C9H12N2O2/c1-6-4-10-5-7(8(6)12)9(13)11(2)3/h4-5H,1-3H3,(H,10,12). The molecule has 4 nitrogen and oxygen atoms in total. The molecule has 0 saturated carbocycles. The second-order valence-electron chi connectivity index (χ2n) is 3.08. The van der Waals surface area contributed by atoms with E-state index in [4.69, 9.17) is 0 Å². The molecule has 1 aromatic rings. The zero-order chi connectivity index (χ0) is 10.0. The Kier molecular flexibility index (Phi) is 2.51. The number of nitrogens with zero attached hydrogens (tertiary/aromatic N) is 1. The third-order valence-corrected chi connectivity index (χ3v) is 1.77. The minimum absolute atomic E-state index is 0.185. The summed E-state index contributed by atoms with van der Waals surface area (Å²) in [6.07, 6.45) is 3.01. The molecule has 1 rings (SSSR count). The van der Waals surface area contributed by atoms with Crippen LogP contribution < -0.4 is 5.43 Å². The zero-order valence-corrected chi connectivity index (χ0v) is 7.92. The lowest BCUT2D eigenvalue weighted by Crippen LogP contribution is -2.28. The van der Waals surface area contributed by atoms with Crippen molar-refractivity contribution in [3.63, 3.8) is 0 Å². The molecule has 0 saturated heterocycles. The molecule has 70 valence electrons. The lowest BCUT2D eigenvalue weighted by molar-refractivity contribution is 0.0826. The highest BCUT2D eigenvalue weighted by Crippen LogP contribution is 1.95. The van der Waals surface area contributed by atoms with Crippen molar-refractivity contribution in [3.05, 3.63) is 33.7 Å². The maximum absolute atomic E-state index is 11.4. The summed E-state index contributed by atoms with van der Waals surface area (Å²) in [5.74, 6) is -0.273. The second kappa shape index (κ2) is 3.43. The molecule has 1 heterocycles. The first-order valence-electron chi connectivity index (χ1n) is 3.93. The lowest BCUT2D eigenvalue weighted by Gasteiger charge is -2.09. The van der Waals surface area contributed by atoms with Crippen molar-refractivity contribution >= 4 is 5.91 Å².